The van der Waals surface area contributed by atoms with Crippen LogP contribution in [0, 0.1) is 5.82 Å². The Kier molecular flexibility index (Phi) is 7.37. The molecule has 7 heteroatoms. The Morgan fingerprint density at radius 3 is 2.38 bits per heavy atom. The molecular weight excluding hydrogens is 423 g/mol. The quantitative estimate of drug-likeness (QED) is 0.334. The fourth-order valence-electron chi connectivity index (χ4n) is 4.09. The van der Waals surface area contributed by atoms with Gasteiger partial charge in [0.25, 0.3) is 0 Å². The zero-order valence-corrected chi connectivity index (χ0v) is 19.4. The summed E-state index contributed by atoms with van der Waals surface area (Å²) in [5.41, 5.74) is 2.71. The molecule has 32 heavy (non-hydrogen) atoms. The van der Waals surface area contributed by atoms with Crippen molar-refractivity contribution >= 4 is 17.5 Å². The van der Waals surface area contributed by atoms with Crippen molar-refractivity contribution in [1.82, 2.24) is 19.7 Å². The second-order valence-corrected chi connectivity index (χ2v) is 9.13. The lowest BCUT2D eigenvalue weighted by Crippen LogP contribution is -2.33. The van der Waals surface area contributed by atoms with Gasteiger partial charge < -0.3 is 0 Å². The first kappa shape index (κ1) is 22.7. The Hall–Kier alpha value is -2.51. The molecule has 0 N–H and O–H groups in total. The van der Waals surface area contributed by atoms with Crippen LogP contribution in [-0.2, 0) is 6.42 Å². The largest absolute Gasteiger partial charge is 0.294 e. The summed E-state index contributed by atoms with van der Waals surface area (Å²) in [6.07, 6.45) is 4.57. The molecule has 1 aromatic heterocycles. The number of likely N-dealkylation sites (tertiary alicyclic amines) is 1. The third kappa shape index (κ3) is 5.10. The minimum absolute atomic E-state index is 0.0527. The number of rotatable bonds is 8. The molecule has 168 valence electrons. The zero-order valence-electron chi connectivity index (χ0n) is 18.6. The van der Waals surface area contributed by atoms with E-state index in [1.54, 1.807) is 12.1 Å². The van der Waals surface area contributed by atoms with Gasteiger partial charge in [-0.2, -0.15) is 0 Å². The summed E-state index contributed by atoms with van der Waals surface area (Å²) in [7, 11) is 0. The second kappa shape index (κ2) is 10.4. The molecule has 3 aromatic rings. The number of thioether (sulfide) groups is 1. The van der Waals surface area contributed by atoms with E-state index in [0.29, 0.717) is 10.7 Å². The van der Waals surface area contributed by atoms with Crippen molar-refractivity contribution in [3.05, 3.63) is 71.3 Å². The fraction of sp³-hybridized carbons (Fsp3) is 0.400. The van der Waals surface area contributed by atoms with Crippen LogP contribution < -0.4 is 0 Å². The van der Waals surface area contributed by atoms with Gasteiger partial charge in [-0.05, 0) is 69.1 Å². The third-order valence-corrected chi connectivity index (χ3v) is 7.00. The van der Waals surface area contributed by atoms with Crippen LogP contribution in [0.15, 0.2) is 53.7 Å². The highest BCUT2D eigenvalue weighted by Crippen LogP contribution is 2.29. The topological polar surface area (TPSA) is 51.0 Å². The third-order valence-electron chi connectivity index (χ3n) is 6.07. The summed E-state index contributed by atoms with van der Waals surface area (Å²) in [6.45, 7) is 6.31. The zero-order chi connectivity index (χ0) is 22.5. The number of hydrogen-bond acceptors (Lipinski definition) is 5. The molecule has 1 saturated heterocycles. The maximum Gasteiger partial charge on any atom is 0.196 e. The Balaban J connectivity index is 1.58. The van der Waals surface area contributed by atoms with Crippen molar-refractivity contribution in [2.45, 2.75) is 50.7 Å². The average molecular weight is 453 g/mol. The lowest BCUT2D eigenvalue weighted by molar-refractivity contribution is 0.102. The van der Waals surface area contributed by atoms with E-state index in [1.807, 2.05) is 28.8 Å². The van der Waals surface area contributed by atoms with Crippen molar-refractivity contribution in [2.75, 3.05) is 18.8 Å². The van der Waals surface area contributed by atoms with Crippen LogP contribution in [0.3, 0.4) is 0 Å². The van der Waals surface area contributed by atoms with Gasteiger partial charge in [0.2, 0.25) is 0 Å². The Labute approximate surface area is 193 Å². The van der Waals surface area contributed by atoms with Crippen LogP contribution in [0.5, 0.6) is 0 Å². The summed E-state index contributed by atoms with van der Waals surface area (Å²) in [5, 5.41) is 9.58. The number of piperidine rings is 1. The molecule has 0 bridgehead atoms. The molecule has 0 saturated carbocycles. The summed E-state index contributed by atoms with van der Waals surface area (Å²) < 4.78 is 15.5. The SMILES string of the molecule is CCc1ccc(C(=O)CSc2nnc(C(C)N3CCCCC3)n2-c2ccc(F)cc2)cc1. The van der Waals surface area contributed by atoms with Crippen molar-refractivity contribution in [1.29, 1.82) is 0 Å². The highest BCUT2D eigenvalue weighted by Gasteiger charge is 2.26. The smallest absolute Gasteiger partial charge is 0.196 e. The van der Waals surface area contributed by atoms with E-state index in [0.717, 1.165) is 31.0 Å². The normalized spacial score (nSPS) is 15.6. The van der Waals surface area contributed by atoms with Crippen molar-refractivity contribution in [3.63, 3.8) is 0 Å². The van der Waals surface area contributed by atoms with Crippen LogP contribution in [-0.4, -0.2) is 44.3 Å². The molecule has 1 atom stereocenters. The predicted molar refractivity (Wildman–Crippen MR) is 126 cm³/mol. The summed E-state index contributed by atoms with van der Waals surface area (Å²) in [6, 6.07) is 14.2. The van der Waals surface area contributed by atoms with Crippen molar-refractivity contribution < 1.29 is 9.18 Å². The molecule has 4 rings (SSSR count). The monoisotopic (exact) mass is 452 g/mol. The molecule has 2 aromatic carbocycles. The van der Waals surface area contributed by atoms with Crippen LogP contribution in [0.4, 0.5) is 4.39 Å². The number of halogens is 1. The highest BCUT2D eigenvalue weighted by molar-refractivity contribution is 7.99. The van der Waals surface area contributed by atoms with E-state index in [4.69, 9.17) is 0 Å². The molecule has 0 radical (unpaired) electrons. The fourth-order valence-corrected chi connectivity index (χ4v) is 4.94. The number of benzene rings is 2. The van der Waals surface area contributed by atoms with Gasteiger partial charge in [-0.15, -0.1) is 10.2 Å². The van der Waals surface area contributed by atoms with Crippen LogP contribution in [0.1, 0.15) is 60.9 Å². The molecule has 2 heterocycles. The summed E-state index contributed by atoms with van der Waals surface area (Å²) in [4.78, 5) is 15.2. The van der Waals surface area contributed by atoms with Crippen molar-refractivity contribution in [2.24, 2.45) is 0 Å². The molecule has 1 unspecified atom stereocenters. The number of nitrogens with zero attached hydrogens (tertiary/aromatic N) is 4. The average Bonchev–Trinajstić information content (AvgIpc) is 3.27. The number of hydrogen-bond donors (Lipinski definition) is 0. The summed E-state index contributed by atoms with van der Waals surface area (Å²) in [5.74, 6) is 0.855. The molecule has 1 aliphatic heterocycles. The van der Waals surface area contributed by atoms with Gasteiger partial charge in [0.15, 0.2) is 16.8 Å². The van der Waals surface area contributed by atoms with Crippen LogP contribution in [0.2, 0.25) is 0 Å². The standard InChI is InChI=1S/C25H29FN4OS/c1-3-19-7-9-20(10-8-19)23(31)17-32-25-28-27-24(18(2)29-15-5-4-6-16-29)30(25)22-13-11-21(26)12-14-22/h7-14,18H,3-6,15-17H2,1-2H3. The van der Waals surface area contributed by atoms with E-state index in [9.17, 15) is 9.18 Å². The minimum Gasteiger partial charge on any atom is -0.294 e. The Morgan fingerprint density at radius 1 is 1.03 bits per heavy atom. The maximum atomic E-state index is 13.6. The highest BCUT2D eigenvalue weighted by atomic mass is 32.2. The Bertz CT molecular complexity index is 1040. The number of ketones is 1. The van der Waals surface area contributed by atoms with E-state index in [1.165, 1.54) is 48.7 Å². The second-order valence-electron chi connectivity index (χ2n) is 8.19. The molecule has 0 spiro atoms. The lowest BCUT2D eigenvalue weighted by atomic mass is 10.1. The molecular formula is C25H29FN4OS. The van der Waals surface area contributed by atoms with E-state index in [-0.39, 0.29) is 23.4 Å². The molecule has 1 fully saturated rings. The number of carbonyl (C=O) groups is 1. The van der Waals surface area contributed by atoms with Gasteiger partial charge in [-0.3, -0.25) is 14.3 Å². The van der Waals surface area contributed by atoms with Gasteiger partial charge in [-0.1, -0.05) is 49.4 Å². The number of aromatic nitrogens is 3. The first-order valence-corrected chi connectivity index (χ1v) is 12.3. The minimum atomic E-state index is -0.285. The van der Waals surface area contributed by atoms with E-state index < -0.39 is 0 Å². The number of Topliss-reactive ketones (excluding diaryl/α,β-unsaturated/α-hetero) is 1. The van der Waals surface area contributed by atoms with Gasteiger partial charge in [0.1, 0.15) is 5.82 Å². The van der Waals surface area contributed by atoms with Crippen LogP contribution >= 0.6 is 11.8 Å². The van der Waals surface area contributed by atoms with Gasteiger partial charge >= 0.3 is 0 Å². The lowest BCUT2D eigenvalue weighted by Gasteiger charge is -2.31. The molecule has 5 nitrogen and oxygen atoms in total. The van der Waals surface area contributed by atoms with Gasteiger partial charge in [-0.25, -0.2) is 4.39 Å². The van der Waals surface area contributed by atoms with Gasteiger partial charge in [0.05, 0.1) is 11.8 Å². The van der Waals surface area contributed by atoms with Crippen molar-refractivity contribution in [3.8, 4) is 5.69 Å². The van der Waals surface area contributed by atoms with Gasteiger partial charge in [0, 0.05) is 11.3 Å². The molecule has 0 aliphatic carbocycles. The number of carbonyl (C=O) groups excluding carboxylic acids is 1. The molecule has 0 amide bonds. The predicted octanol–water partition coefficient (Wildman–Crippen LogP) is 5.49. The van der Waals surface area contributed by atoms with E-state index in [2.05, 4.69) is 28.9 Å². The first-order valence-electron chi connectivity index (χ1n) is 11.3. The first-order chi connectivity index (χ1) is 15.6. The van der Waals surface area contributed by atoms with E-state index >= 15 is 0 Å². The van der Waals surface area contributed by atoms with Crippen LogP contribution in [0.25, 0.3) is 5.69 Å². The molecule has 1 aliphatic rings. The number of aryl methyl sites for hydroxylation is 1. The summed E-state index contributed by atoms with van der Waals surface area (Å²) >= 11 is 1.37. The maximum absolute atomic E-state index is 13.6. The Morgan fingerprint density at radius 2 is 1.72 bits per heavy atom.